The van der Waals surface area contributed by atoms with E-state index in [9.17, 15) is 0 Å². The van der Waals surface area contributed by atoms with Gasteiger partial charge in [-0.15, -0.1) is 0 Å². The van der Waals surface area contributed by atoms with Gasteiger partial charge in [-0.05, 0) is 54.4 Å². The molecule has 0 aliphatic carbocycles. The lowest BCUT2D eigenvalue weighted by atomic mass is 9.77. The highest BCUT2D eigenvalue weighted by molar-refractivity contribution is 9.10. The number of nitrogens with zero attached hydrogens (tertiary/aromatic N) is 1. The fourth-order valence-electron chi connectivity index (χ4n) is 2.62. The first kappa shape index (κ1) is 16.3. The maximum atomic E-state index is 7.89. The molecule has 0 saturated carbocycles. The van der Waals surface area contributed by atoms with Crippen molar-refractivity contribution in [2.24, 2.45) is 5.92 Å². The zero-order valence-electron chi connectivity index (χ0n) is 12.1. The van der Waals surface area contributed by atoms with Crippen molar-refractivity contribution in [1.82, 2.24) is 0 Å². The molecule has 0 aromatic heterocycles. The van der Waals surface area contributed by atoms with Crippen LogP contribution in [-0.4, -0.2) is 0 Å². The molecule has 0 fully saturated rings. The quantitative estimate of drug-likeness (QED) is 0.516. The first-order chi connectivity index (χ1) is 9.98. The first-order valence-electron chi connectivity index (χ1n) is 6.88. The van der Waals surface area contributed by atoms with E-state index in [1.54, 1.807) is 0 Å². The van der Waals surface area contributed by atoms with E-state index in [2.05, 4.69) is 50.6 Å². The summed E-state index contributed by atoms with van der Waals surface area (Å²) in [6.45, 7) is 12.2. The zero-order chi connectivity index (χ0) is 15.5. The van der Waals surface area contributed by atoms with Gasteiger partial charge in [-0.1, -0.05) is 45.7 Å². The molecule has 0 radical (unpaired) electrons. The molecular formula is C18H17Br2N. The van der Waals surface area contributed by atoms with Gasteiger partial charge in [0.2, 0.25) is 0 Å². The topological polar surface area (TPSA) is 4.36 Å². The Morgan fingerprint density at radius 3 is 1.57 bits per heavy atom. The summed E-state index contributed by atoms with van der Waals surface area (Å²) in [5.41, 5.74) is 1.49. The van der Waals surface area contributed by atoms with E-state index in [1.807, 2.05) is 48.5 Å². The Hall–Kier alpha value is -1.11. The second-order valence-corrected chi connectivity index (χ2v) is 7.42. The minimum atomic E-state index is -0.616. The lowest BCUT2D eigenvalue weighted by Crippen LogP contribution is -2.25. The molecule has 0 aliphatic heterocycles. The van der Waals surface area contributed by atoms with E-state index in [-0.39, 0.29) is 0 Å². The Labute approximate surface area is 143 Å². The highest BCUT2D eigenvalue weighted by Gasteiger charge is 2.41. The van der Waals surface area contributed by atoms with Gasteiger partial charge in [0.1, 0.15) is 0 Å². The predicted octanol–water partition coefficient (Wildman–Crippen LogP) is 6.42. The standard InChI is InChI=1S/C18H17Br2N/c1-13(2)12-18(21-3,14-4-8-16(19)9-5-14)15-6-10-17(20)11-7-15/h4-11,13H,12H2,1-2H3. The fourth-order valence-corrected chi connectivity index (χ4v) is 3.15. The monoisotopic (exact) mass is 405 g/mol. The largest absolute Gasteiger partial charge is 0.300 e. The Kier molecular flexibility index (Phi) is 5.24. The van der Waals surface area contributed by atoms with Crippen molar-refractivity contribution in [3.8, 4) is 0 Å². The number of rotatable bonds is 4. The summed E-state index contributed by atoms with van der Waals surface area (Å²) in [6.07, 6.45) is 0.805. The van der Waals surface area contributed by atoms with Crippen molar-refractivity contribution in [2.75, 3.05) is 0 Å². The molecule has 0 aliphatic rings. The minimum absolute atomic E-state index is 0.436. The molecular weight excluding hydrogens is 390 g/mol. The van der Waals surface area contributed by atoms with Gasteiger partial charge in [-0.25, -0.2) is 6.57 Å². The van der Waals surface area contributed by atoms with Crippen LogP contribution in [0.15, 0.2) is 57.5 Å². The van der Waals surface area contributed by atoms with Gasteiger partial charge in [0.25, 0.3) is 5.54 Å². The second-order valence-electron chi connectivity index (χ2n) is 5.58. The smallest absolute Gasteiger partial charge is 0.282 e. The van der Waals surface area contributed by atoms with Gasteiger partial charge in [0, 0.05) is 26.5 Å². The summed E-state index contributed by atoms with van der Waals surface area (Å²) in [7, 11) is 0. The van der Waals surface area contributed by atoms with E-state index in [4.69, 9.17) is 6.57 Å². The van der Waals surface area contributed by atoms with E-state index >= 15 is 0 Å². The Bertz CT molecular complexity index is 591. The zero-order valence-corrected chi connectivity index (χ0v) is 15.3. The highest BCUT2D eigenvalue weighted by atomic mass is 79.9. The van der Waals surface area contributed by atoms with Crippen molar-refractivity contribution in [3.05, 3.63) is 80.0 Å². The second kappa shape index (κ2) is 6.77. The summed E-state index contributed by atoms with van der Waals surface area (Å²) < 4.78 is 2.07. The molecule has 0 heterocycles. The van der Waals surface area contributed by atoms with Crippen LogP contribution in [0.1, 0.15) is 31.4 Å². The van der Waals surface area contributed by atoms with E-state index in [0.717, 1.165) is 26.5 Å². The van der Waals surface area contributed by atoms with Crippen LogP contribution in [0.25, 0.3) is 4.85 Å². The van der Waals surface area contributed by atoms with Crippen LogP contribution < -0.4 is 0 Å². The summed E-state index contributed by atoms with van der Waals surface area (Å²) in [5, 5.41) is 0. The lowest BCUT2D eigenvalue weighted by Gasteiger charge is -2.25. The number of halogens is 2. The van der Waals surface area contributed by atoms with Crippen LogP contribution in [0.3, 0.4) is 0 Å². The van der Waals surface area contributed by atoms with Gasteiger partial charge in [0.05, 0.1) is 0 Å². The molecule has 0 saturated heterocycles. The van der Waals surface area contributed by atoms with Crippen LogP contribution in [0.4, 0.5) is 0 Å². The Balaban J connectivity index is 2.60. The van der Waals surface area contributed by atoms with Gasteiger partial charge in [-0.2, -0.15) is 0 Å². The summed E-state index contributed by atoms with van der Waals surface area (Å²) in [5.74, 6) is 0.436. The average molecular weight is 407 g/mol. The van der Waals surface area contributed by atoms with Crippen LogP contribution >= 0.6 is 31.9 Å². The van der Waals surface area contributed by atoms with Crippen molar-refractivity contribution < 1.29 is 0 Å². The Morgan fingerprint density at radius 2 is 1.29 bits per heavy atom. The lowest BCUT2D eigenvalue weighted by molar-refractivity contribution is 0.462. The summed E-state index contributed by atoms with van der Waals surface area (Å²) in [4.78, 5) is 4.08. The van der Waals surface area contributed by atoms with Gasteiger partial charge in [0.15, 0.2) is 0 Å². The van der Waals surface area contributed by atoms with Crippen molar-refractivity contribution in [1.29, 1.82) is 0 Å². The molecule has 21 heavy (non-hydrogen) atoms. The molecule has 0 amide bonds. The third kappa shape index (κ3) is 3.56. The van der Waals surface area contributed by atoms with Gasteiger partial charge >= 0.3 is 0 Å². The van der Waals surface area contributed by atoms with E-state index < -0.39 is 5.54 Å². The van der Waals surface area contributed by atoms with Gasteiger partial charge in [-0.3, -0.25) is 4.85 Å². The number of hydrogen-bond acceptors (Lipinski definition) is 0. The van der Waals surface area contributed by atoms with Crippen LogP contribution in [0.5, 0.6) is 0 Å². The minimum Gasteiger partial charge on any atom is -0.300 e. The summed E-state index contributed by atoms with van der Waals surface area (Å²) >= 11 is 6.93. The molecule has 108 valence electrons. The van der Waals surface area contributed by atoms with E-state index in [1.165, 1.54) is 0 Å². The normalized spacial score (nSPS) is 11.4. The van der Waals surface area contributed by atoms with E-state index in [0.29, 0.717) is 5.92 Å². The predicted molar refractivity (Wildman–Crippen MR) is 95.1 cm³/mol. The van der Waals surface area contributed by atoms with Crippen molar-refractivity contribution >= 4 is 31.9 Å². The van der Waals surface area contributed by atoms with Crippen LogP contribution in [0, 0.1) is 12.5 Å². The Morgan fingerprint density at radius 1 is 0.905 bits per heavy atom. The van der Waals surface area contributed by atoms with Crippen molar-refractivity contribution in [3.63, 3.8) is 0 Å². The molecule has 2 rings (SSSR count). The number of hydrogen-bond donors (Lipinski definition) is 0. The van der Waals surface area contributed by atoms with Gasteiger partial charge < -0.3 is 0 Å². The van der Waals surface area contributed by atoms with Crippen LogP contribution in [0.2, 0.25) is 0 Å². The molecule has 2 aromatic carbocycles. The molecule has 0 atom stereocenters. The molecule has 0 N–H and O–H groups in total. The molecule has 0 unspecified atom stereocenters. The molecule has 1 nitrogen and oxygen atoms in total. The summed E-state index contributed by atoms with van der Waals surface area (Å²) in [6, 6.07) is 16.2. The fraction of sp³-hybridized carbons (Fsp3) is 0.278. The molecule has 3 heteroatoms. The number of benzene rings is 2. The third-order valence-corrected chi connectivity index (χ3v) is 4.60. The molecule has 0 spiro atoms. The molecule has 2 aromatic rings. The molecule has 0 bridgehead atoms. The third-order valence-electron chi connectivity index (χ3n) is 3.54. The van der Waals surface area contributed by atoms with Crippen LogP contribution in [-0.2, 0) is 5.54 Å². The average Bonchev–Trinajstić information content (AvgIpc) is 2.46. The first-order valence-corrected chi connectivity index (χ1v) is 8.47. The van der Waals surface area contributed by atoms with Crippen molar-refractivity contribution in [2.45, 2.75) is 25.8 Å². The highest BCUT2D eigenvalue weighted by Crippen LogP contribution is 2.40. The maximum Gasteiger partial charge on any atom is 0.282 e. The maximum absolute atomic E-state index is 7.89. The SMILES string of the molecule is [C-]#[N+]C(CC(C)C)(c1ccc(Br)cc1)c1ccc(Br)cc1.